The van der Waals surface area contributed by atoms with Crippen LogP contribution in [0.3, 0.4) is 0 Å². The van der Waals surface area contributed by atoms with Crippen LogP contribution in [-0.2, 0) is 9.53 Å². The van der Waals surface area contributed by atoms with Crippen molar-refractivity contribution in [3.05, 3.63) is 0 Å². The van der Waals surface area contributed by atoms with Crippen LogP contribution in [0.25, 0.3) is 0 Å². The molecule has 5 heteroatoms. The quantitative estimate of drug-likeness (QED) is 0.687. The molecular weight excluding hydrogens is 226 g/mol. The molecule has 0 aromatic carbocycles. The number of amides is 1. The minimum Gasteiger partial charge on any atom is -0.453 e. The van der Waals surface area contributed by atoms with E-state index in [0.29, 0.717) is 18.3 Å². The van der Waals surface area contributed by atoms with Crippen molar-refractivity contribution in [2.24, 2.45) is 0 Å². The van der Waals surface area contributed by atoms with Crippen LogP contribution in [0.5, 0.6) is 0 Å². The Kier molecular flexibility index (Phi) is 5.70. The molecule has 0 saturated heterocycles. The monoisotopic (exact) mass is 237 g/mol. The number of carbonyl (C=O) groups excluding carboxylic acids is 2. The van der Waals surface area contributed by atoms with Crippen LogP contribution in [0, 0.1) is 0 Å². The van der Waals surface area contributed by atoms with E-state index in [1.165, 1.54) is 12.0 Å². The highest BCUT2D eigenvalue weighted by atomic mass is 79.9. The van der Waals surface area contributed by atoms with Gasteiger partial charge >= 0.3 is 6.09 Å². The molecule has 0 fully saturated rings. The van der Waals surface area contributed by atoms with Crippen molar-refractivity contribution in [2.75, 3.05) is 26.0 Å². The van der Waals surface area contributed by atoms with Gasteiger partial charge in [-0.25, -0.2) is 4.79 Å². The Morgan fingerprint density at radius 2 is 2.08 bits per heavy atom. The lowest BCUT2D eigenvalue weighted by molar-refractivity contribution is -0.116. The van der Waals surface area contributed by atoms with Crippen molar-refractivity contribution in [2.45, 2.75) is 6.42 Å². The molecule has 0 bridgehead atoms. The van der Waals surface area contributed by atoms with Gasteiger partial charge in [0.25, 0.3) is 0 Å². The number of Topliss-reactive ketones (excluding diaryl/α,β-unsaturated/α-hetero) is 1. The molecule has 0 N–H and O–H groups in total. The molecule has 0 heterocycles. The van der Waals surface area contributed by atoms with Crippen LogP contribution < -0.4 is 0 Å². The van der Waals surface area contributed by atoms with E-state index in [-0.39, 0.29) is 5.78 Å². The van der Waals surface area contributed by atoms with Crippen LogP contribution in [0.1, 0.15) is 6.42 Å². The maximum Gasteiger partial charge on any atom is 0.409 e. The van der Waals surface area contributed by atoms with E-state index in [2.05, 4.69) is 20.7 Å². The van der Waals surface area contributed by atoms with Crippen LogP contribution in [0.15, 0.2) is 0 Å². The third-order valence-corrected chi connectivity index (χ3v) is 1.99. The van der Waals surface area contributed by atoms with Crippen LogP contribution in [0.2, 0.25) is 0 Å². The first kappa shape index (κ1) is 11.4. The smallest absolute Gasteiger partial charge is 0.409 e. The molecule has 0 aliphatic carbocycles. The normalized spacial score (nSPS) is 9.25. The van der Waals surface area contributed by atoms with Gasteiger partial charge in [-0.2, -0.15) is 0 Å². The molecule has 0 aromatic rings. The summed E-state index contributed by atoms with van der Waals surface area (Å²) in [5, 5.41) is 0.335. The van der Waals surface area contributed by atoms with Crippen molar-refractivity contribution >= 4 is 27.8 Å². The fourth-order valence-corrected chi connectivity index (χ4v) is 0.887. The highest BCUT2D eigenvalue weighted by Crippen LogP contribution is 1.94. The average molecular weight is 238 g/mol. The fourth-order valence-electron chi connectivity index (χ4n) is 0.606. The Bertz CT molecular complexity index is 172. The highest BCUT2D eigenvalue weighted by molar-refractivity contribution is 9.09. The molecule has 0 aliphatic heterocycles. The van der Waals surface area contributed by atoms with Crippen molar-refractivity contribution in [1.82, 2.24) is 4.90 Å². The van der Waals surface area contributed by atoms with Gasteiger partial charge in [-0.3, -0.25) is 4.79 Å². The summed E-state index contributed by atoms with van der Waals surface area (Å²) in [5.74, 6) is 0.0748. The van der Waals surface area contributed by atoms with Gasteiger partial charge in [0.2, 0.25) is 0 Å². The predicted molar refractivity (Wildman–Crippen MR) is 48.5 cm³/mol. The van der Waals surface area contributed by atoms with Crippen LogP contribution >= 0.6 is 15.9 Å². The van der Waals surface area contributed by atoms with E-state index in [1.54, 1.807) is 7.05 Å². The standard InChI is InChI=1S/C7H12BrNO3/c1-9(7(11)12-2)4-3-6(10)5-8/h3-5H2,1-2H3. The largest absolute Gasteiger partial charge is 0.453 e. The van der Waals surface area contributed by atoms with Gasteiger partial charge in [0.1, 0.15) is 5.78 Å². The Morgan fingerprint density at radius 3 is 2.50 bits per heavy atom. The molecule has 0 spiro atoms. The third kappa shape index (κ3) is 4.33. The molecule has 0 aromatic heterocycles. The number of halogens is 1. The zero-order valence-corrected chi connectivity index (χ0v) is 8.76. The molecule has 0 aliphatic rings. The maximum atomic E-state index is 10.8. The van der Waals surface area contributed by atoms with E-state index in [1.807, 2.05) is 0 Å². The molecule has 1 amide bonds. The van der Waals surface area contributed by atoms with E-state index < -0.39 is 6.09 Å². The van der Waals surface area contributed by atoms with Crippen molar-refractivity contribution in [1.29, 1.82) is 0 Å². The van der Waals surface area contributed by atoms with Gasteiger partial charge in [0, 0.05) is 20.0 Å². The van der Waals surface area contributed by atoms with E-state index in [4.69, 9.17) is 0 Å². The molecule has 12 heavy (non-hydrogen) atoms. The molecule has 0 atom stereocenters. The summed E-state index contributed by atoms with van der Waals surface area (Å²) in [4.78, 5) is 23.0. The number of rotatable bonds is 4. The zero-order chi connectivity index (χ0) is 9.56. The Balaban J connectivity index is 3.63. The second-order valence-electron chi connectivity index (χ2n) is 2.31. The first-order valence-corrected chi connectivity index (χ1v) is 4.60. The van der Waals surface area contributed by atoms with Crippen molar-refractivity contribution in [3.63, 3.8) is 0 Å². The lowest BCUT2D eigenvalue weighted by Crippen LogP contribution is -2.28. The van der Waals surface area contributed by atoms with Crippen molar-refractivity contribution < 1.29 is 14.3 Å². The summed E-state index contributed by atoms with van der Waals surface area (Å²) in [6.07, 6.45) is -0.0611. The molecule has 0 unspecified atom stereocenters. The summed E-state index contributed by atoms with van der Waals surface area (Å²) in [6, 6.07) is 0. The molecular formula is C7H12BrNO3. The summed E-state index contributed by atoms with van der Waals surface area (Å²) in [7, 11) is 2.90. The molecule has 70 valence electrons. The second kappa shape index (κ2) is 5.99. The van der Waals surface area contributed by atoms with Gasteiger partial charge in [-0.15, -0.1) is 0 Å². The number of nitrogens with zero attached hydrogens (tertiary/aromatic N) is 1. The summed E-state index contributed by atoms with van der Waals surface area (Å²) in [5.41, 5.74) is 0. The number of hydrogen-bond donors (Lipinski definition) is 0. The van der Waals surface area contributed by atoms with Gasteiger partial charge in [-0.1, -0.05) is 15.9 Å². The molecule has 0 saturated carbocycles. The molecule has 0 radical (unpaired) electrons. The van der Waals surface area contributed by atoms with Gasteiger partial charge in [0.15, 0.2) is 0 Å². The van der Waals surface area contributed by atoms with E-state index in [9.17, 15) is 9.59 Å². The van der Waals surface area contributed by atoms with Crippen molar-refractivity contribution in [3.8, 4) is 0 Å². The topological polar surface area (TPSA) is 46.6 Å². The lowest BCUT2D eigenvalue weighted by atomic mass is 10.3. The first-order valence-electron chi connectivity index (χ1n) is 3.48. The SMILES string of the molecule is COC(=O)N(C)CCC(=O)CBr. The number of methoxy groups -OCH3 is 1. The third-order valence-electron chi connectivity index (χ3n) is 1.36. The predicted octanol–water partition coefficient (Wildman–Crippen LogP) is 1.04. The second-order valence-corrected chi connectivity index (χ2v) is 2.87. The Labute approximate surface area is 80.0 Å². The van der Waals surface area contributed by atoms with Gasteiger partial charge in [0.05, 0.1) is 12.4 Å². The molecule has 0 rings (SSSR count). The Morgan fingerprint density at radius 1 is 1.50 bits per heavy atom. The minimum atomic E-state index is -0.419. The fraction of sp³-hybridized carbons (Fsp3) is 0.714. The first-order chi connectivity index (χ1) is 5.61. The number of carbonyl (C=O) groups is 2. The zero-order valence-electron chi connectivity index (χ0n) is 7.17. The lowest BCUT2D eigenvalue weighted by Gasteiger charge is -2.13. The minimum absolute atomic E-state index is 0.0748. The van der Waals surface area contributed by atoms with Crippen LogP contribution in [-0.4, -0.2) is 42.8 Å². The average Bonchev–Trinajstić information content (AvgIpc) is 2.11. The van der Waals surface area contributed by atoms with Crippen LogP contribution in [0.4, 0.5) is 4.79 Å². The Hall–Kier alpha value is -0.580. The number of ketones is 1. The number of ether oxygens (including phenoxy) is 1. The van der Waals surface area contributed by atoms with E-state index in [0.717, 1.165) is 0 Å². The number of alkyl halides is 1. The summed E-state index contributed by atoms with van der Waals surface area (Å²) in [6.45, 7) is 0.400. The highest BCUT2D eigenvalue weighted by Gasteiger charge is 2.08. The summed E-state index contributed by atoms with van der Waals surface area (Å²) >= 11 is 3.03. The molecule has 4 nitrogen and oxygen atoms in total. The maximum absolute atomic E-state index is 10.8. The number of hydrogen-bond acceptors (Lipinski definition) is 3. The van der Waals surface area contributed by atoms with Gasteiger partial charge < -0.3 is 9.64 Å². The van der Waals surface area contributed by atoms with E-state index >= 15 is 0 Å². The van der Waals surface area contributed by atoms with Gasteiger partial charge in [-0.05, 0) is 0 Å². The summed E-state index contributed by atoms with van der Waals surface area (Å²) < 4.78 is 4.44.